The number of carbonyl (C=O) groups excluding carboxylic acids is 1. The highest BCUT2D eigenvalue weighted by Gasteiger charge is 2.30. The molecule has 1 atom stereocenters. The van der Waals surface area contributed by atoms with Crippen LogP contribution in [-0.2, 0) is 11.2 Å². The molecule has 1 unspecified atom stereocenters. The summed E-state index contributed by atoms with van der Waals surface area (Å²) >= 11 is 0. The van der Waals surface area contributed by atoms with E-state index in [1.54, 1.807) is 6.20 Å². The number of nitrogens with one attached hydrogen (secondary N) is 2. The Bertz CT molecular complexity index is 754. The molecule has 4 nitrogen and oxygen atoms in total. The topological polar surface area (TPSA) is 48.1 Å². The Labute approximate surface area is 150 Å². The van der Waals surface area contributed by atoms with Gasteiger partial charge < -0.3 is 10.3 Å². The monoisotopic (exact) mass is 367 g/mol. The van der Waals surface area contributed by atoms with Crippen molar-refractivity contribution in [2.45, 2.75) is 45.3 Å². The van der Waals surface area contributed by atoms with Crippen LogP contribution in [0.25, 0.3) is 10.9 Å². The van der Waals surface area contributed by atoms with Crippen LogP contribution in [-0.4, -0.2) is 41.6 Å². The van der Waals surface area contributed by atoms with Crippen LogP contribution in [0, 0.1) is 5.92 Å². The molecule has 0 saturated carbocycles. The third kappa shape index (κ3) is 4.38. The van der Waals surface area contributed by atoms with E-state index < -0.39 is 12.7 Å². The summed E-state index contributed by atoms with van der Waals surface area (Å²) in [4.78, 5) is 15.7. The summed E-state index contributed by atoms with van der Waals surface area (Å²) in [5.74, 6) is 0.311. The second kappa shape index (κ2) is 8.12. The lowest BCUT2D eigenvalue weighted by Gasteiger charge is -2.33. The Morgan fingerprint density at radius 1 is 1.31 bits per heavy atom. The summed E-state index contributed by atoms with van der Waals surface area (Å²) in [7, 11) is 0. The zero-order valence-electron chi connectivity index (χ0n) is 14.8. The standard InChI is InChI=1S/C19H24F3N3O/c1-12(26)24-17-11-23-16-5-4-14(10-15(16)17)3-2-13-6-8-25(9-7-13)19(22)18(20)21/h4-5,10-11,13,18-19,23H,2-3,6-9H2,1H3,(H,24,26). The Morgan fingerprint density at radius 2 is 2.04 bits per heavy atom. The fourth-order valence-corrected chi connectivity index (χ4v) is 3.63. The SMILES string of the molecule is CC(=O)Nc1c[nH]c2ccc(CCC3CCN(C(F)C(F)F)CC3)cc12. The smallest absolute Gasteiger partial charge is 0.282 e. The number of nitrogens with zero attached hydrogens (tertiary/aromatic N) is 1. The quantitative estimate of drug-likeness (QED) is 0.747. The predicted octanol–water partition coefficient (Wildman–Crippen LogP) is 4.33. The zero-order chi connectivity index (χ0) is 18.7. The average Bonchev–Trinajstić information content (AvgIpc) is 3.01. The number of aromatic nitrogens is 1. The summed E-state index contributed by atoms with van der Waals surface area (Å²) in [6.07, 6.45) is 0.0240. The summed E-state index contributed by atoms with van der Waals surface area (Å²) in [6, 6.07) is 6.12. The van der Waals surface area contributed by atoms with Crippen LogP contribution in [0.5, 0.6) is 0 Å². The molecule has 7 heteroatoms. The van der Waals surface area contributed by atoms with Crippen LogP contribution in [0.15, 0.2) is 24.4 Å². The minimum absolute atomic E-state index is 0.113. The van der Waals surface area contributed by atoms with E-state index in [1.807, 2.05) is 6.07 Å². The number of hydrogen-bond donors (Lipinski definition) is 2. The molecule has 0 spiro atoms. The molecule has 0 aliphatic carbocycles. The molecule has 1 saturated heterocycles. The first kappa shape index (κ1) is 18.8. The molecule has 1 aliphatic rings. The van der Waals surface area contributed by atoms with Gasteiger partial charge in [-0.15, -0.1) is 0 Å². The molecular weight excluding hydrogens is 343 g/mol. The van der Waals surface area contributed by atoms with E-state index in [0.717, 1.165) is 42.3 Å². The number of fused-ring (bicyclic) bond motifs is 1. The Hall–Kier alpha value is -2.02. The van der Waals surface area contributed by atoms with Crippen molar-refractivity contribution in [3.05, 3.63) is 30.0 Å². The molecule has 2 N–H and O–H groups in total. The molecule has 1 aliphatic heterocycles. The van der Waals surface area contributed by atoms with Gasteiger partial charge in [0.05, 0.1) is 5.69 Å². The highest BCUT2D eigenvalue weighted by molar-refractivity contribution is 6.01. The van der Waals surface area contributed by atoms with E-state index in [0.29, 0.717) is 19.0 Å². The van der Waals surface area contributed by atoms with E-state index in [1.165, 1.54) is 17.4 Å². The maximum Gasteiger partial charge on any atom is 0.282 e. The molecule has 1 aromatic heterocycles. The number of H-pyrrole nitrogens is 1. The summed E-state index contributed by atoms with van der Waals surface area (Å²) < 4.78 is 38.3. The van der Waals surface area contributed by atoms with Crippen LogP contribution in [0.4, 0.5) is 18.9 Å². The number of aryl methyl sites for hydroxylation is 1. The number of anilines is 1. The minimum atomic E-state index is -2.93. The number of amides is 1. The number of halogens is 3. The van der Waals surface area contributed by atoms with E-state index in [9.17, 15) is 18.0 Å². The molecular formula is C19H24F3N3O. The number of piperidine rings is 1. The van der Waals surface area contributed by atoms with Crippen LogP contribution >= 0.6 is 0 Å². The number of likely N-dealkylation sites (tertiary alicyclic amines) is 1. The first-order valence-corrected chi connectivity index (χ1v) is 8.98. The van der Waals surface area contributed by atoms with Gasteiger partial charge in [-0.3, -0.25) is 9.69 Å². The summed E-state index contributed by atoms with van der Waals surface area (Å²) in [5, 5.41) is 3.79. The molecule has 142 valence electrons. The Balaban J connectivity index is 1.56. The molecule has 1 aromatic carbocycles. The van der Waals surface area contributed by atoms with Gasteiger partial charge in [-0.05, 0) is 49.3 Å². The molecule has 3 rings (SSSR count). The van der Waals surface area contributed by atoms with Gasteiger partial charge in [-0.1, -0.05) is 6.07 Å². The van der Waals surface area contributed by atoms with Crippen LogP contribution in [0.2, 0.25) is 0 Å². The van der Waals surface area contributed by atoms with Crippen LogP contribution in [0.1, 0.15) is 31.7 Å². The molecule has 1 amide bonds. The number of hydrogen-bond acceptors (Lipinski definition) is 2. The molecule has 0 bridgehead atoms. The predicted molar refractivity (Wildman–Crippen MR) is 96.1 cm³/mol. The first-order valence-electron chi connectivity index (χ1n) is 8.98. The van der Waals surface area contributed by atoms with E-state index in [4.69, 9.17) is 0 Å². The lowest BCUT2D eigenvalue weighted by molar-refractivity contribution is -0.114. The maximum atomic E-state index is 13.4. The zero-order valence-corrected chi connectivity index (χ0v) is 14.8. The van der Waals surface area contributed by atoms with Crippen molar-refractivity contribution in [3.63, 3.8) is 0 Å². The van der Waals surface area contributed by atoms with Crippen molar-refractivity contribution in [1.29, 1.82) is 0 Å². The highest BCUT2D eigenvalue weighted by atomic mass is 19.3. The third-order valence-electron chi connectivity index (χ3n) is 5.10. The van der Waals surface area contributed by atoms with Crippen molar-refractivity contribution < 1.29 is 18.0 Å². The van der Waals surface area contributed by atoms with Crippen molar-refractivity contribution in [2.75, 3.05) is 18.4 Å². The first-order chi connectivity index (χ1) is 12.4. The van der Waals surface area contributed by atoms with Gasteiger partial charge >= 0.3 is 0 Å². The van der Waals surface area contributed by atoms with Crippen molar-refractivity contribution in [2.24, 2.45) is 5.92 Å². The molecule has 0 radical (unpaired) electrons. The lowest BCUT2D eigenvalue weighted by atomic mass is 9.90. The van der Waals surface area contributed by atoms with Gasteiger partial charge in [0.1, 0.15) is 0 Å². The number of benzene rings is 1. The average molecular weight is 367 g/mol. The lowest BCUT2D eigenvalue weighted by Crippen LogP contribution is -2.42. The second-order valence-electron chi connectivity index (χ2n) is 6.99. The van der Waals surface area contributed by atoms with Gasteiger partial charge in [0.25, 0.3) is 6.43 Å². The number of carbonyl (C=O) groups is 1. The van der Waals surface area contributed by atoms with Crippen molar-refractivity contribution in [1.82, 2.24) is 9.88 Å². The fourth-order valence-electron chi connectivity index (χ4n) is 3.63. The largest absolute Gasteiger partial charge is 0.359 e. The molecule has 1 fully saturated rings. The van der Waals surface area contributed by atoms with Crippen molar-refractivity contribution in [3.8, 4) is 0 Å². The second-order valence-corrected chi connectivity index (χ2v) is 6.99. The molecule has 2 heterocycles. The van der Waals surface area contributed by atoms with Crippen LogP contribution < -0.4 is 5.32 Å². The van der Waals surface area contributed by atoms with Gasteiger partial charge in [-0.25, -0.2) is 13.2 Å². The Morgan fingerprint density at radius 3 is 2.69 bits per heavy atom. The van der Waals surface area contributed by atoms with Gasteiger partial charge in [0, 0.05) is 37.1 Å². The highest BCUT2D eigenvalue weighted by Crippen LogP contribution is 2.28. The van der Waals surface area contributed by atoms with Crippen molar-refractivity contribution >= 4 is 22.5 Å². The van der Waals surface area contributed by atoms with Gasteiger partial charge in [0.2, 0.25) is 12.2 Å². The van der Waals surface area contributed by atoms with Gasteiger partial charge in [-0.2, -0.15) is 0 Å². The Kier molecular flexibility index (Phi) is 5.86. The number of alkyl halides is 3. The molecule has 2 aromatic rings. The molecule has 26 heavy (non-hydrogen) atoms. The normalized spacial score (nSPS) is 17.7. The third-order valence-corrected chi connectivity index (χ3v) is 5.10. The summed E-state index contributed by atoms with van der Waals surface area (Å²) in [6.45, 7) is 2.25. The fraction of sp³-hybridized carbons (Fsp3) is 0.526. The minimum Gasteiger partial charge on any atom is -0.359 e. The van der Waals surface area contributed by atoms with E-state index in [2.05, 4.69) is 22.4 Å². The number of rotatable bonds is 6. The number of aromatic amines is 1. The van der Waals surface area contributed by atoms with Crippen LogP contribution in [0.3, 0.4) is 0 Å². The summed E-state index contributed by atoms with van der Waals surface area (Å²) in [5.41, 5.74) is 2.90. The van der Waals surface area contributed by atoms with Gasteiger partial charge in [0.15, 0.2) is 0 Å². The van der Waals surface area contributed by atoms with E-state index >= 15 is 0 Å². The maximum absolute atomic E-state index is 13.4. The van der Waals surface area contributed by atoms with E-state index in [-0.39, 0.29) is 5.91 Å².